The van der Waals surface area contributed by atoms with Crippen LogP contribution in [0, 0.1) is 5.92 Å². The first-order valence-corrected chi connectivity index (χ1v) is 19.0. The maximum Gasteiger partial charge on any atom is 0.410 e. The molecule has 12 nitrogen and oxygen atoms in total. The molecule has 6 rings (SSSR count). The van der Waals surface area contributed by atoms with Gasteiger partial charge in [-0.2, -0.15) is 0 Å². The summed E-state index contributed by atoms with van der Waals surface area (Å²) in [5.41, 5.74) is 0.374. The van der Waals surface area contributed by atoms with Gasteiger partial charge < -0.3 is 29.9 Å². The third-order valence-electron chi connectivity index (χ3n) is 10.1. The highest BCUT2D eigenvalue weighted by Crippen LogP contribution is 2.46. The van der Waals surface area contributed by atoms with Crippen molar-refractivity contribution < 1.29 is 33.4 Å². The minimum atomic E-state index is -1.12. The number of fused-ring (bicyclic) bond motifs is 3. The minimum Gasteiger partial charge on any atom is -0.444 e. The number of hydrogen-bond donors (Lipinski definition) is 3. The van der Waals surface area contributed by atoms with E-state index >= 15 is 0 Å². The Balaban J connectivity index is 1.23. The van der Waals surface area contributed by atoms with E-state index in [0.29, 0.717) is 37.6 Å². The van der Waals surface area contributed by atoms with Crippen LogP contribution >= 0.6 is 11.9 Å². The van der Waals surface area contributed by atoms with Crippen molar-refractivity contribution in [3.05, 3.63) is 47.5 Å². The van der Waals surface area contributed by atoms with E-state index in [4.69, 9.17) is 9.47 Å². The number of carbonyl (C=O) groups is 5. The number of hydrogen-bond acceptors (Lipinski definition) is 8. The van der Waals surface area contributed by atoms with E-state index < -0.39 is 53.3 Å². The summed E-state index contributed by atoms with van der Waals surface area (Å²) in [6.45, 7) is 8.20. The average Bonchev–Trinajstić information content (AvgIpc) is 3.97. The van der Waals surface area contributed by atoms with Crippen molar-refractivity contribution in [2.45, 2.75) is 133 Å². The molecule has 2 aliphatic carbocycles. The summed E-state index contributed by atoms with van der Waals surface area (Å²) in [5, 5.41) is 6.20. The Morgan fingerprint density at radius 3 is 2.58 bits per heavy atom. The number of amides is 5. The zero-order valence-corrected chi connectivity index (χ0v) is 30.4. The average molecular weight is 710 g/mol. The Bertz CT molecular complexity index is 1510. The number of nitrogens with one attached hydrogen (secondary N) is 3. The fourth-order valence-corrected chi connectivity index (χ4v) is 8.07. The first kappa shape index (κ1) is 36.1. The van der Waals surface area contributed by atoms with E-state index in [1.807, 2.05) is 24.3 Å². The maximum atomic E-state index is 14.3. The lowest BCUT2D eigenvalue weighted by Crippen LogP contribution is -2.57. The van der Waals surface area contributed by atoms with Gasteiger partial charge in [-0.3, -0.25) is 19.1 Å². The molecule has 3 heterocycles. The van der Waals surface area contributed by atoms with E-state index in [1.165, 1.54) is 22.4 Å². The third-order valence-corrected chi connectivity index (χ3v) is 11.3. The van der Waals surface area contributed by atoms with Crippen LogP contribution in [0.1, 0.15) is 103 Å². The molecule has 1 aromatic rings. The number of carbonyl (C=O) groups excluding carboxylic acids is 5. The summed E-state index contributed by atoms with van der Waals surface area (Å²) in [6.07, 6.45) is 8.28. The van der Waals surface area contributed by atoms with Crippen molar-refractivity contribution in [3.8, 4) is 0 Å². The molecule has 50 heavy (non-hydrogen) atoms. The molecule has 1 unspecified atom stereocenters. The van der Waals surface area contributed by atoms with Gasteiger partial charge >= 0.3 is 12.2 Å². The minimum absolute atomic E-state index is 0.0187. The van der Waals surface area contributed by atoms with Crippen molar-refractivity contribution in [1.82, 2.24) is 25.2 Å². The number of ether oxygens (including phenoxy) is 2. The van der Waals surface area contributed by atoms with Gasteiger partial charge in [-0.25, -0.2) is 9.59 Å². The predicted molar refractivity (Wildman–Crippen MR) is 189 cm³/mol. The molecule has 0 aromatic heterocycles. The monoisotopic (exact) mass is 709 g/mol. The molecule has 5 amide bonds. The second kappa shape index (κ2) is 14.9. The van der Waals surface area contributed by atoms with Crippen LogP contribution in [0.4, 0.5) is 9.59 Å². The van der Waals surface area contributed by atoms with Crippen LogP contribution in [0.3, 0.4) is 0 Å². The topological polar surface area (TPSA) is 146 Å². The zero-order valence-electron chi connectivity index (χ0n) is 29.6. The molecule has 1 aromatic carbocycles. The molecule has 272 valence electrons. The molecule has 13 heteroatoms. The Morgan fingerprint density at radius 2 is 1.82 bits per heavy atom. The number of alkyl carbamates (subject to hydrolysis) is 1. The Kier molecular flexibility index (Phi) is 10.7. The van der Waals surface area contributed by atoms with E-state index in [0.717, 1.165) is 37.7 Å². The fourth-order valence-electron chi connectivity index (χ4n) is 7.24. The summed E-state index contributed by atoms with van der Waals surface area (Å²) in [6, 6.07) is 6.07. The summed E-state index contributed by atoms with van der Waals surface area (Å²) >= 11 is 1.40. The second-order valence-electron chi connectivity index (χ2n) is 15.5. The van der Waals surface area contributed by atoms with Gasteiger partial charge in [0, 0.05) is 30.7 Å². The standard InChI is InChI=1S/C37H51N5O7S/c1-23-20-41(21-24-12-10-11-14-28(23)24)35(47)48-26-18-30-31(43)39-37(33(45)40-50-27-16-17-27)19-25(37)13-8-6-5-7-9-15-29(32(44)42(30)22-26)38-34(46)49-36(2,3)4/h8,10-14,23,25-27,29-30H,5-7,9,15-22H2,1-4H3,(H,38,46)(H,39,43)(H,40,45)/b13-8-/t23?,25-,26-,29+,30+,37-/m1/s1. The van der Waals surface area contributed by atoms with Gasteiger partial charge in [0.15, 0.2) is 0 Å². The molecule has 3 N–H and O–H groups in total. The van der Waals surface area contributed by atoms with E-state index in [2.05, 4.69) is 34.4 Å². The summed E-state index contributed by atoms with van der Waals surface area (Å²) in [7, 11) is 0. The van der Waals surface area contributed by atoms with Crippen LogP contribution in [-0.2, 0) is 30.4 Å². The molecular formula is C37H51N5O7S. The van der Waals surface area contributed by atoms with Gasteiger partial charge in [0.1, 0.15) is 29.3 Å². The maximum absolute atomic E-state index is 14.3. The van der Waals surface area contributed by atoms with Crippen LogP contribution in [-0.4, -0.2) is 87.4 Å². The highest BCUT2D eigenvalue weighted by atomic mass is 32.2. The third kappa shape index (κ3) is 8.58. The van der Waals surface area contributed by atoms with Crippen LogP contribution in [0.15, 0.2) is 36.4 Å². The van der Waals surface area contributed by atoms with Crippen molar-refractivity contribution >= 4 is 41.9 Å². The van der Waals surface area contributed by atoms with Gasteiger partial charge in [-0.1, -0.05) is 56.2 Å². The Hall–Kier alpha value is -3.74. The smallest absolute Gasteiger partial charge is 0.410 e. The Labute approximate surface area is 298 Å². The quantitative estimate of drug-likeness (QED) is 0.289. The summed E-state index contributed by atoms with van der Waals surface area (Å²) in [4.78, 5) is 71.7. The number of benzene rings is 1. The molecule has 0 bridgehead atoms. The first-order chi connectivity index (χ1) is 23.8. The van der Waals surface area contributed by atoms with E-state index in [-0.39, 0.29) is 30.7 Å². The fraction of sp³-hybridized carbons (Fsp3) is 0.649. The van der Waals surface area contributed by atoms with Gasteiger partial charge in [0.05, 0.1) is 6.54 Å². The summed E-state index contributed by atoms with van der Waals surface area (Å²) in [5.74, 6) is -1.21. The van der Waals surface area contributed by atoms with Crippen molar-refractivity contribution in [2.24, 2.45) is 5.92 Å². The highest BCUT2D eigenvalue weighted by molar-refractivity contribution is 7.98. The van der Waals surface area contributed by atoms with Gasteiger partial charge in [0.2, 0.25) is 11.8 Å². The molecule has 2 saturated carbocycles. The van der Waals surface area contributed by atoms with Crippen molar-refractivity contribution in [3.63, 3.8) is 0 Å². The van der Waals surface area contributed by atoms with Gasteiger partial charge in [-0.05, 0) is 88.3 Å². The van der Waals surface area contributed by atoms with E-state index in [1.54, 1.807) is 25.7 Å². The largest absolute Gasteiger partial charge is 0.444 e. The van der Waals surface area contributed by atoms with Crippen LogP contribution in [0.25, 0.3) is 0 Å². The molecule has 6 atom stereocenters. The summed E-state index contributed by atoms with van der Waals surface area (Å²) < 4.78 is 14.5. The zero-order chi connectivity index (χ0) is 35.6. The van der Waals surface area contributed by atoms with E-state index in [9.17, 15) is 24.0 Å². The molecule has 3 aliphatic heterocycles. The van der Waals surface area contributed by atoms with Gasteiger partial charge in [-0.15, -0.1) is 0 Å². The lowest BCUT2D eigenvalue weighted by molar-refractivity contribution is -0.141. The van der Waals surface area contributed by atoms with Crippen LogP contribution in [0.5, 0.6) is 0 Å². The molecule has 0 radical (unpaired) electrons. The SMILES string of the molecule is CC1CN(C(=O)O[C@@H]2C[C@H]3C(=O)N[C@]4(C(=O)NSC5CC5)C[C@H]4/C=C\CCCCC[C@H](NC(=O)OC(C)(C)C)C(=O)N3C2)Cc2ccccc21. The predicted octanol–water partition coefficient (Wildman–Crippen LogP) is 4.93. The number of nitrogens with zero attached hydrogens (tertiary/aromatic N) is 2. The van der Waals surface area contributed by atoms with Crippen LogP contribution in [0.2, 0.25) is 0 Å². The lowest BCUT2D eigenvalue weighted by atomic mass is 9.91. The highest BCUT2D eigenvalue weighted by Gasteiger charge is 2.61. The normalized spacial score (nSPS) is 30.7. The number of allylic oxidation sites excluding steroid dienone is 1. The molecule has 3 fully saturated rings. The number of rotatable bonds is 5. The second-order valence-corrected chi connectivity index (χ2v) is 16.6. The lowest BCUT2D eigenvalue weighted by Gasteiger charge is -2.33. The van der Waals surface area contributed by atoms with Gasteiger partial charge in [0.25, 0.3) is 5.91 Å². The molecule has 5 aliphatic rings. The first-order valence-electron chi connectivity index (χ1n) is 18.1. The Morgan fingerprint density at radius 1 is 1.04 bits per heavy atom. The van der Waals surface area contributed by atoms with Crippen molar-refractivity contribution in [2.75, 3.05) is 13.1 Å². The van der Waals surface area contributed by atoms with Crippen molar-refractivity contribution in [1.29, 1.82) is 0 Å². The molecular weight excluding hydrogens is 659 g/mol. The van der Waals surface area contributed by atoms with Crippen LogP contribution < -0.4 is 15.4 Å². The molecule has 1 saturated heterocycles. The molecule has 0 spiro atoms.